The van der Waals surface area contributed by atoms with Gasteiger partial charge in [-0.05, 0) is 43.8 Å². The van der Waals surface area contributed by atoms with E-state index in [1.165, 1.54) is 44.5 Å². The van der Waals surface area contributed by atoms with Crippen LogP contribution >= 0.6 is 0 Å². The summed E-state index contributed by atoms with van der Waals surface area (Å²) in [5.41, 5.74) is 1.45. The summed E-state index contributed by atoms with van der Waals surface area (Å²) in [6.45, 7) is 6.61. The molecule has 3 nitrogen and oxygen atoms in total. The van der Waals surface area contributed by atoms with E-state index < -0.39 is 0 Å². The van der Waals surface area contributed by atoms with Crippen molar-refractivity contribution in [2.24, 2.45) is 5.92 Å². The van der Waals surface area contributed by atoms with Crippen LogP contribution in [0.4, 0.5) is 0 Å². The number of ether oxygens (including phenoxy) is 1. The van der Waals surface area contributed by atoms with Crippen molar-refractivity contribution in [3.05, 3.63) is 35.9 Å². The van der Waals surface area contributed by atoms with Gasteiger partial charge in [0.25, 0.3) is 0 Å². The molecule has 0 saturated carbocycles. The lowest BCUT2D eigenvalue weighted by Crippen LogP contribution is -2.41. The Morgan fingerprint density at radius 3 is 2.95 bits per heavy atom. The molecular weight excluding hydrogens is 248 g/mol. The zero-order chi connectivity index (χ0) is 14.0. The highest BCUT2D eigenvalue weighted by Gasteiger charge is 2.19. The molecule has 1 saturated heterocycles. The molecule has 1 heterocycles. The maximum absolute atomic E-state index is 5.07. The zero-order valence-corrected chi connectivity index (χ0v) is 12.7. The van der Waals surface area contributed by atoms with Crippen molar-refractivity contribution in [3.8, 4) is 0 Å². The van der Waals surface area contributed by atoms with E-state index in [1.807, 2.05) is 0 Å². The van der Waals surface area contributed by atoms with Crippen LogP contribution in [0.2, 0.25) is 0 Å². The normalized spacial score (nSPS) is 20.1. The fourth-order valence-electron chi connectivity index (χ4n) is 2.93. The summed E-state index contributed by atoms with van der Waals surface area (Å²) in [7, 11) is 1.76. The molecule has 1 aromatic carbocycles. The number of nitrogens with one attached hydrogen (secondary N) is 1. The van der Waals surface area contributed by atoms with E-state index in [2.05, 4.69) is 40.5 Å². The number of rotatable bonds is 8. The lowest BCUT2D eigenvalue weighted by Gasteiger charge is -2.33. The smallest absolute Gasteiger partial charge is 0.0587 e. The van der Waals surface area contributed by atoms with Gasteiger partial charge in [0.2, 0.25) is 0 Å². The van der Waals surface area contributed by atoms with Crippen molar-refractivity contribution in [3.63, 3.8) is 0 Å². The molecule has 1 unspecified atom stereocenters. The van der Waals surface area contributed by atoms with Crippen LogP contribution in [0.1, 0.15) is 18.4 Å². The van der Waals surface area contributed by atoms with E-state index in [4.69, 9.17) is 4.74 Å². The first-order valence-corrected chi connectivity index (χ1v) is 7.84. The molecule has 2 rings (SSSR count). The Morgan fingerprint density at radius 1 is 1.30 bits per heavy atom. The van der Waals surface area contributed by atoms with Crippen molar-refractivity contribution in [1.29, 1.82) is 0 Å². The number of likely N-dealkylation sites (tertiary alicyclic amines) is 1. The van der Waals surface area contributed by atoms with Gasteiger partial charge >= 0.3 is 0 Å². The Balaban J connectivity index is 1.65. The lowest BCUT2D eigenvalue weighted by atomic mass is 9.97. The number of methoxy groups -OCH3 is 1. The van der Waals surface area contributed by atoms with Crippen LogP contribution in [0.3, 0.4) is 0 Å². The first-order chi connectivity index (χ1) is 9.88. The minimum Gasteiger partial charge on any atom is -0.383 e. The summed E-state index contributed by atoms with van der Waals surface area (Å²) in [4.78, 5) is 2.62. The Morgan fingerprint density at radius 2 is 2.15 bits per heavy atom. The van der Waals surface area contributed by atoms with E-state index >= 15 is 0 Å². The second kappa shape index (κ2) is 9.11. The zero-order valence-electron chi connectivity index (χ0n) is 12.7. The molecule has 1 aromatic rings. The van der Waals surface area contributed by atoms with Gasteiger partial charge in [-0.25, -0.2) is 0 Å². The Hall–Kier alpha value is -0.900. The van der Waals surface area contributed by atoms with Gasteiger partial charge in [0.05, 0.1) is 6.61 Å². The molecule has 1 fully saturated rings. The minimum atomic E-state index is 0.802. The predicted octanol–water partition coefficient (Wildman–Crippen LogP) is 2.18. The third-order valence-corrected chi connectivity index (χ3v) is 4.08. The highest BCUT2D eigenvalue weighted by atomic mass is 16.5. The number of hydrogen-bond acceptors (Lipinski definition) is 3. The van der Waals surface area contributed by atoms with Gasteiger partial charge in [-0.2, -0.15) is 0 Å². The predicted molar refractivity (Wildman–Crippen MR) is 84.1 cm³/mol. The Bertz CT molecular complexity index is 355. The van der Waals surface area contributed by atoms with E-state index in [9.17, 15) is 0 Å². The standard InChI is InChI=1S/C17H28N2O/c1-20-13-10-18-14-17-8-5-11-19(15-17)12-9-16-6-3-2-4-7-16/h2-4,6-7,17-18H,5,8-15H2,1H3. The molecular formula is C17H28N2O. The van der Waals surface area contributed by atoms with Gasteiger partial charge in [-0.1, -0.05) is 30.3 Å². The molecule has 1 atom stereocenters. The summed E-state index contributed by atoms with van der Waals surface area (Å²) >= 11 is 0. The largest absolute Gasteiger partial charge is 0.383 e. The molecule has 0 aromatic heterocycles. The summed E-state index contributed by atoms with van der Waals surface area (Å²) in [5, 5.41) is 3.50. The molecule has 0 spiro atoms. The Labute approximate surface area is 123 Å². The fourth-order valence-corrected chi connectivity index (χ4v) is 2.93. The van der Waals surface area contributed by atoms with Crippen molar-refractivity contribution >= 4 is 0 Å². The van der Waals surface area contributed by atoms with E-state index in [0.717, 1.165) is 25.6 Å². The van der Waals surface area contributed by atoms with Crippen molar-refractivity contribution in [2.75, 3.05) is 46.4 Å². The highest BCUT2D eigenvalue weighted by molar-refractivity contribution is 5.14. The summed E-state index contributed by atoms with van der Waals surface area (Å²) in [6.07, 6.45) is 3.87. The third-order valence-electron chi connectivity index (χ3n) is 4.08. The van der Waals surface area contributed by atoms with Gasteiger partial charge in [-0.3, -0.25) is 0 Å². The van der Waals surface area contributed by atoms with Crippen LogP contribution in [0, 0.1) is 5.92 Å². The maximum Gasteiger partial charge on any atom is 0.0587 e. The second-order valence-corrected chi connectivity index (χ2v) is 5.74. The molecule has 3 heteroatoms. The molecule has 112 valence electrons. The van der Waals surface area contributed by atoms with Gasteiger partial charge in [0.15, 0.2) is 0 Å². The topological polar surface area (TPSA) is 24.5 Å². The van der Waals surface area contributed by atoms with Gasteiger partial charge in [-0.15, -0.1) is 0 Å². The van der Waals surface area contributed by atoms with Crippen LogP contribution in [0.25, 0.3) is 0 Å². The fraction of sp³-hybridized carbons (Fsp3) is 0.647. The van der Waals surface area contributed by atoms with E-state index in [0.29, 0.717) is 0 Å². The summed E-state index contributed by atoms with van der Waals surface area (Å²) in [5.74, 6) is 0.802. The SMILES string of the molecule is COCCNCC1CCCN(CCc2ccccc2)C1. The molecule has 0 radical (unpaired) electrons. The second-order valence-electron chi connectivity index (χ2n) is 5.74. The first kappa shape index (κ1) is 15.5. The van der Waals surface area contributed by atoms with Crippen LogP contribution in [0.15, 0.2) is 30.3 Å². The molecule has 20 heavy (non-hydrogen) atoms. The summed E-state index contributed by atoms with van der Waals surface area (Å²) < 4.78 is 5.07. The number of nitrogens with zero attached hydrogens (tertiary/aromatic N) is 1. The minimum absolute atomic E-state index is 0.802. The van der Waals surface area contributed by atoms with Crippen LogP contribution in [0.5, 0.6) is 0 Å². The quantitative estimate of drug-likeness (QED) is 0.737. The highest BCUT2D eigenvalue weighted by Crippen LogP contribution is 2.16. The number of piperidine rings is 1. The maximum atomic E-state index is 5.07. The van der Waals surface area contributed by atoms with Crippen molar-refractivity contribution < 1.29 is 4.74 Å². The summed E-state index contributed by atoms with van der Waals surface area (Å²) in [6, 6.07) is 10.8. The van der Waals surface area contributed by atoms with E-state index in [-0.39, 0.29) is 0 Å². The third kappa shape index (κ3) is 5.61. The van der Waals surface area contributed by atoms with Crippen LogP contribution < -0.4 is 5.32 Å². The average Bonchev–Trinajstić information content (AvgIpc) is 2.51. The molecule has 0 aliphatic carbocycles. The first-order valence-electron chi connectivity index (χ1n) is 7.84. The molecule has 0 amide bonds. The van der Waals surface area contributed by atoms with Crippen molar-refractivity contribution in [1.82, 2.24) is 10.2 Å². The van der Waals surface area contributed by atoms with Gasteiger partial charge < -0.3 is 15.0 Å². The number of benzene rings is 1. The van der Waals surface area contributed by atoms with Crippen LogP contribution in [-0.2, 0) is 11.2 Å². The monoisotopic (exact) mass is 276 g/mol. The number of hydrogen-bond donors (Lipinski definition) is 1. The van der Waals surface area contributed by atoms with E-state index in [1.54, 1.807) is 7.11 Å². The lowest BCUT2D eigenvalue weighted by molar-refractivity contribution is 0.166. The Kier molecular flexibility index (Phi) is 7.06. The molecule has 1 aliphatic heterocycles. The molecule has 1 aliphatic rings. The van der Waals surface area contributed by atoms with Crippen LogP contribution in [-0.4, -0.2) is 51.3 Å². The average molecular weight is 276 g/mol. The molecule has 1 N–H and O–H groups in total. The van der Waals surface area contributed by atoms with Crippen molar-refractivity contribution in [2.45, 2.75) is 19.3 Å². The molecule has 0 bridgehead atoms. The van der Waals surface area contributed by atoms with Gasteiger partial charge in [0, 0.05) is 26.7 Å². The van der Waals surface area contributed by atoms with Gasteiger partial charge in [0.1, 0.15) is 0 Å².